The van der Waals surface area contributed by atoms with E-state index in [9.17, 15) is 22.0 Å². The van der Waals surface area contributed by atoms with E-state index in [2.05, 4.69) is 4.90 Å². The van der Waals surface area contributed by atoms with Crippen LogP contribution in [0.1, 0.15) is 65.5 Å². The number of piperidine rings is 1. The minimum Gasteiger partial charge on any atom is -0.493 e. The fraction of sp³-hybridized carbons (Fsp3) is 0.519. The second kappa shape index (κ2) is 12.3. The summed E-state index contributed by atoms with van der Waals surface area (Å²) in [6.45, 7) is 2.60. The van der Waals surface area contributed by atoms with Gasteiger partial charge in [-0.2, -0.15) is 0 Å². The second-order valence-corrected chi connectivity index (χ2v) is 12.3. The average molecular weight is 571 g/mol. The van der Waals surface area contributed by atoms with Gasteiger partial charge in [-0.25, -0.2) is 21.9 Å². The number of carbonyl (C=O) groups is 1. The third kappa shape index (κ3) is 7.43. The molecule has 1 aliphatic carbocycles. The molecule has 2 aromatic carbocycles. The quantitative estimate of drug-likeness (QED) is 0.407. The Morgan fingerprint density at radius 2 is 1.84 bits per heavy atom. The second-order valence-electron chi connectivity index (χ2n) is 10.1. The van der Waals surface area contributed by atoms with E-state index in [4.69, 9.17) is 21.1 Å². The van der Waals surface area contributed by atoms with E-state index in [-0.39, 0.29) is 28.5 Å². The van der Waals surface area contributed by atoms with Crippen LogP contribution in [0.5, 0.6) is 5.75 Å². The standard InChI is InChI=1S/C27H33ClF2N2O5S/c1-36-12-9-25(19-5-6-23(29)22(28)13-19)32-10-7-17(8-11-32)16-37-26-15-24(30)21(14-20(26)18-3-4-18)27(33)31-38(2,34)35/h5-6,13-15,17-18,25H,3-4,7-12,16H2,1-2H3,(H,31,33)/t25-/m0/s1. The van der Waals surface area contributed by atoms with Crippen molar-refractivity contribution < 1.29 is 31.5 Å². The van der Waals surface area contributed by atoms with Crippen LogP contribution in [-0.4, -0.2) is 58.9 Å². The van der Waals surface area contributed by atoms with Gasteiger partial charge in [0.15, 0.2) is 0 Å². The summed E-state index contributed by atoms with van der Waals surface area (Å²) >= 11 is 6.04. The minimum atomic E-state index is -3.81. The Bertz CT molecular complexity index is 1260. The number of likely N-dealkylation sites (tertiary alicyclic amines) is 1. The van der Waals surface area contributed by atoms with Crippen LogP contribution < -0.4 is 9.46 Å². The maximum Gasteiger partial charge on any atom is 0.267 e. The Labute approximate surface area is 227 Å². The van der Waals surface area contributed by atoms with Crippen LogP contribution in [0, 0.1) is 17.6 Å². The number of carbonyl (C=O) groups excluding carboxylic acids is 1. The lowest BCUT2D eigenvalue weighted by Crippen LogP contribution is -2.38. The van der Waals surface area contributed by atoms with Crippen LogP contribution in [0.25, 0.3) is 0 Å². The maximum atomic E-state index is 14.8. The van der Waals surface area contributed by atoms with Crippen molar-refractivity contribution in [3.05, 3.63) is 63.7 Å². The zero-order valence-corrected chi connectivity index (χ0v) is 23.1. The first-order chi connectivity index (χ1) is 18.1. The number of ether oxygens (including phenoxy) is 2. The lowest BCUT2D eigenvalue weighted by molar-refractivity contribution is 0.0836. The summed E-state index contributed by atoms with van der Waals surface area (Å²) in [5.74, 6) is -1.42. The molecule has 1 saturated heterocycles. The van der Waals surface area contributed by atoms with Crippen molar-refractivity contribution >= 4 is 27.5 Å². The van der Waals surface area contributed by atoms with Crippen LogP contribution in [0.3, 0.4) is 0 Å². The van der Waals surface area contributed by atoms with Gasteiger partial charge in [0.1, 0.15) is 17.4 Å². The molecule has 0 radical (unpaired) electrons. The lowest BCUT2D eigenvalue weighted by Gasteiger charge is -2.38. The molecular weight excluding hydrogens is 538 g/mol. The molecule has 0 aromatic heterocycles. The molecule has 1 amide bonds. The van der Waals surface area contributed by atoms with Crippen LogP contribution in [0.4, 0.5) is 8.78 Å². The molecule has 1 atom stereocenters. The third-order valence-electron chi connectivity index (χ3n) is 7.13. The first-order valence-corrected chi connectivity index (χ1v) is 15.0. The van der Waals surface area contributed by atoms with Gasteiger partial charge in [0.05, 0.1) is 23.4 Å². The molecule has 11 heteroatoms. The number of amides is 1. The summed E-state index contributed by atoms with van der Waals surface area (Å²) < 4.78 is 64.5. The normalized spacial score (nSPS) is 17.8. The predicted molar refractivity (Wildman–Crippen MR) is 141 cm³/mol. The van der Waals surface area contributed by atoms with Crippen molar-refractivity contribution in [2.45, 2.75) is 44.1 Å². The van der Waals surface area contributed by atoms with Crippen LogP contribution in [0.15, 0.2) is 30.3 Å². The van der Waals surface area contributed by atoms with Crippen molar-refractivity contribution in [2.75, 3.05) is 39.7 Å². The Kier molecular flexibility index (Phi) is 9.28. The molecule has 0 bridgehead atoms. The van der Waals surface area contributed by atoms with Crippen LogP contribution in [0.2, 0.25) is 5.02 Å². The van der Waals surface area contributed by atoms with Gasteiger partial charge in [-0.05, 0) is 86.4 Å². The molecule has 7 nitrogen and oxygen atoms in total. The molecule has 1 aliphatic heterocycles. The molecule has 2 aromatic rings. The molecule has 38 heavy (non-hydrogen) atoms. The molecule has 1 N–H and O–H groups in total. The average Bonchev–Trinajstić information content (AvgIpc) is 3.70. The van der Waals surface area contributed by atoms with E-state index in [1.807, 2.05) is 4.72 Å². The van der Waals surface area contributed by atoms with E-state index in [1.165, 1.54) is 18.2 Å². The molecule has 0 spiro atoms. The van der Waals surface area contributed by atoms with Gasteiger partial charge in [-0.15, -0.1) is 0 Å². The summed E-state index contributed by atoms with van der Waals surface area (Å²) in [6, 6.07) is 7.50. The topological polar surface area (TPSA) is 84.9 Å². The maximum absolute atomic E-state index is 14.8. The van der Waals surface area contributed by atoms with Gasteiger partial charge >= 0.3 is 0 Å². The molecule has 2 fully saturated rings. The van der Waals surface area contributed by atoms with Gasteiger partial charge in [0.2, 0.25) is 10.0 Å². The van der Waals surface area contributed by atoms with Crippen molar-refractivity contribution in [1.29, 1.82) is 0 Å². The highest BCUT2D eigenvalue weighted by atomic mass is 35.5. The van der Waals surface area contributed by atoms with Gasteiger partial charge in [-0.1, -0.05) is 17.7 Å². The fourth-order valence-electron chi connectivity index (χ4n) is 4.96. The lowest BCUT2D eigenvalue weighted by atomic mass is 9.93. The molecule has 2 aliphatic rings. The predicted octanol–water partition coefficient (Wildman–Crippen LogP) is 5.05. The smallest absolute Gasteiger partial charge is 0.267 e. The Morgan fingerprint density at radius 1 is 1.13 bits per heavy atom. The van der Waals surface area contributed by atoms with E-state index in [0.29, 0.717) is 19.0 Å². The van der Waals surface area contributed by atoms with Gasteiger partial charge in [0.25, 0.3) is 5.91 Å². The number of hydrogen-bond acceptors (Lipinski definition) is 6. The number of hydrogen-bond donors (Lipinski definition) is 1. The van der Waals surface area contributed by atoms with Crippen LogP contribution in [-0.2, 0) is 14.8 Å². The van der Waals surface area contributed by atoms with Crippen molar-refractivity contribution in [2.24, 2.45) is 5.92 Å². The number of sulfonamides is 1. The van der Waals surface area contributed by atoms with E-state index in [0.717, 1.165) is 62.6 Å². The fourth-order valence-corrected chi connectivity index (χ4v) is 5.59. The number of methoxy groups -OCH3 is 1. The van der Waals surface area contributed by atoms with Crippen molar-refractivity contribution in [3.63, 3.8) is 0 Å². The molecular formula is C27H33ClF2N2O5S. The SMILES string of the molecule is COCC[C@@H](c1ccc(F)c(Cl)c1)N1CCC(COc2cc(F)c(C(=O)NS(C)(=O)=O)cc2C2CC2)CC1. The monoisotopic (exact) mass is 570 g/mol. The summed E-state index contributed by atoms with van der Waals surface area (Å²) in [5.41, 5.74) is 1.38. The Balaban J connectivity index is 1.39. The van der Waals surface area contributed by atoms with Crippen LogP contribution >= 0.6 is 11.6 Å². The number of halogens is 3. The Morgan fingerprint density at radius 3 is 2.45 bits per heavy atom. The third-order valence-corrected chi connectivity index (χ3v) is 7.97. The number of nitrogens with zero attached hydrogens (tertiary/aromatic N) is 1. The Hall–Kier alpha value is -2.27. The summed E-state index contributed by atoms with van der Waals surface area (Å²) in [5, 5.41) is 0.103. The largest absolute Gasteiger partial charge is 0.493 e. The zero-order valence-electron chi connectivity index (χ0n) is 21.5. The highest BCUT2D eigenvalue weighted by Gasteiger charge is 2.31. The van der Waals surface area contributed by atoms with Gasteiger partial charge in [0, 0.05) is 25.8 Å². The zero-order chi connectivity index (χ0) is 27.4. The van der Waals surface area contributed by atoms with Gasteiger partial charge < -0.3 is 9.47 Å². The summed E-state index contributed by atoms with van der Waals surface area (Å²) in [6.07, 6.45) is 5.15. The minimum absolute atomic E-state index is 0.0520. The van der Waals surface area contributed by atoms with Crippen molar-refractivity contribution in [1.82, 2.24) is 9.62 Å². The number of rotatable bonds is 11. The van der Waals surface area contributed by atoms with Crippen molar-refractivity contribution in [3.8, 4) is 5.75 Å². The summed E-state index contributed by atoms with van der Waals surface area (Å²) in [7, 11) is -2.16. The highest BCUT2D eigenvalue weighted by Crippen LogP contribution is 2.45. The van der Waals surface area contributed by atoms with E-state index < -0.39 is 27.6 Å². The number of nitrogens with one attached hydrogen (secondary N) is 1. The molecule has 1 heterocycles. The first-order valence-electron chi connectivity index (χ1n) is 12.7. The summed E-state index contributed by atoms with van der Waals surface area (Å²) in [4.78, 5) is 14.6. The molecule has 4 rings (SSSR count). The van der Waals surface area contributed by atoms with E-state index in [1.54, 1.807) is 19.2 Å². The molecule has 0 unspecified atom stereocenters. The molecule has 1 saturated carbocycles. The molecule has 208 valence electrons. The van der Waals surface area contributed by atoms with E-state index >= 15 is 0 Å². The first kappa shape index (κ1) is 28.7. The van der Waals surface area contributed by atoms with Gasteiger partial charge in [-0.3, -0.25) is 9.69 Å². The number of benzene rings is 2. The highest BCUT2D eigenvalue weighted by molar-refractivity contribution is 7.89.